The van der Waals surface area contributed by atoms with Gasteiger partial charge >= 0.3 is 0 Å². The number of hydrogen-bond acceptors (Lipinski definition) is 6. The molecule has 1 aliphatic heterocycles. The van der Waals surface area contributed by atoms with E-state index >= 15 is 0 Å². The van der Waals surface area contributed by atoms with Gasteiger partial charge in [0.1, 0.15) is 0 Å². The lowest BCUT2D eigenvalue weighted by Crippen LogP contribution is -2.39. The maximum Gasteiger partial charge on any atom is 0.300 e. The molecular formula is C14H16ClN3O5. The van der Waals surface area contributed by atoms with Crippen LogP contribution in [-0.4, -0.2) is 28.2 Å². The Bertz CT molecular complexity index is 633. The Labute approximate surface area is 137 Å². The predicted molar refractivity (Wildman–Crippen MR) is 85.1 cm³/mol. The summed E-state index contributed by atoms with van der Waals surface area (Å²) >= 11 is 5.34. The van der Waals surface area contributed by atoms with Crippen LogP contribution in [0.3, 0.4) is 0 Å². The molecule has 1 aromatic rings. The molecule has 2 atom stereocenters. The zero-order valence-corrected chi connectivity index (χ0v) is 13.4. The van der Waals surface area contributed by atoms with E-state index in [9.17, 15) is 25.0 Å². The summed E-state index contributed by atoms with van der Waals surface area (Å²) in [6, 6.07) is 2.00. The van der Waals surface area contributed by atoms with Crippen molar-refractivity contribution in [2.75, 3.05) is 18.0 Å². The first-order valence-electron chi connectivity index (χ1n) is 7.12. The average Bonchev–Trinajstić information content (AvgIpc) is 2.44. The number of halogens is 1. The Morgan fingerprint density at radius 2 is 1.57 bits per heavy atom. The van der Waals surface area contributed by atoms with Gasteiger partial charge in [0.2, 0.25) is 0 Å². The minimum absolute atomic E-state index is 0.0555. The number of hydrogen-bond donors (Lipinski definition) is 0. The second kappa shape index (κ2) is 6.49. The molecule has 0 amide bonds. The summed E-state index contributed by atoms with van der Waals surface area (Å²) < 4.78 is 0. The molecule has 1 fully saturated rings. The summed E-state index contributed by atoms with van der Waals surface area (Å²) in [7, 11) is 0. The van der Waals surface area contributed by atoms with Gasteiger partial charge in [0, 0.05) is 30.8 Å². The van der Waals surface area contributed by atoms with Crippen LogP contribution in [0.4, 0.5) is 17.1 Å². The summed E-state index contributed by atoms with van der Waals surface area (Å²) in [5.41, 5.74) is -1.25. The fraction of sp³-hybridized carbons (Fsp3) is 0.500. The van der Waals surface area contributed by atoms with Gasteiger partial charge < -0.3 is 4.90 Å². The van der Waals surface area contributed by atoms with Crippen molar-refractivity contribution in [1.82, 2.24) is 0 Å². The van der Waals surface area contributed by atoms with Crippen LogP contribution in [0.2, 0.25) is 0 Å². The third kappa shape index (κ3) is 3.58. The lowest BCUT2D eigenvalue weighted by Gasteiger charge is -2.35. The van der Waals surface area contributed by atoms with Crippen molar-refractivity contribution in [2.24, 2.45) is 11.8 Å². The summed E-state index contributed by atoms with van der Waals surface area (Å²) in [5, 5.41) is 21.8. The molecule has 0 radical (unpaired) electrons. The van der Waals surface area contributed by atoms with Gasteiger partial charge in [-0.2, -0.15) is 0 Å². The van der Waals surface area contributed by atoms with Crippen LogP contribution in [0.15, 0.2) is 12.1 Å². The van der Waals surface area contributed by atoms with Crippen LogP contribution in [-0.2, 0) is 0 Å². The molecule has 0 N–H and O–H groups in total. The first kappa shape index (κ1) is 17.1. The van der Waals surface area contributed by atoms with E-state index in [0.717, 1.165) is 18.6 Å². The molecule has 2 rings (SSSR count). The Hall–Kier alpha value is -2.22. The maximum absolute atomic E-state index is 11.4. The lowest BCUT2D eigenvalue weighted by atomic mass is 9.91. The number of carbonyl (C=O) groups is 1. The third-order valence-electron chi connectivity index (χ3n) is 3.88. The lowest BCUT2D eigenvalue weighted by molar-refractivity contribution is -0.392. The highest BCUT2D eigenvalue weighted by molar-refractivity contribution is 6.67. The maximum atomic E-state index is 11.4. The summed E-state index contributed by atoms with van der Waals surface area (Å²) in [6.07, 6.45) is 0.955. The highest BCUT2D eigenvalue weighted by Crippen LogP contribution is 2.41. The molecule has 124 valence electrons. The Morgan fingerprint density at radius 1 is 1.13 bits per heavy atom. The van der Waals surface area contributed by atoms with Crippen molar-refractivity contribution < 1.29 is 14.6 Å². The fourth-order valence-electron chi connectivity index (χ4n) is 3.17. The molecule has 1 aliphatic rings. The second-order valence-corrected chi connectivity index (χ2v) is 6.35. The molecule has 0 bridgehead atoms. The molecule has 2 unspecified atom stereocenters. The van der Waals surface area contributed by atoms with Gasteiger partial charge in [-0.1, -0.05) is 13.8 Å². The molecule has 1 saturated heterocycles. The summed E-state index contributed by atoms with van der Waals surface area (Å²) in [5.74, 6) is 0.514. The average molecular weight is 342 g/mol. The Kier molecular flexibility index (Phi) is 4.84. The zero-order valence-electron chi connectivity index (χ0n) is 12.7. The largest absolute Gasteiger partial charge is 0.360 e. The number of benzene rings is 1. The molecular weight excluding hydrogens is 326 g/mol. The molecule has 0 aliphatic carbocycles. The van der Waals surface area contributed by atoms with Gasteiger partial charge in [-0.05, 0) is 29.9 Å². The van der Waals surface area contributed by atoms with Crippen LogP contribution in [0.25, 0.3) is 0 Å². The van der Waals surface area contributed by atoms with Crippen LogP contribution >= 0.6 is 11.6 Å². The van der Waals surface area contributed by atoms with E-state index < -0.39 is 26.5 Å². The third-order valence-corrected chi connectivity index (χ3v) is 4.09. The van der Waals surface area contributed by atoms with Crippen LogP contribution in [0.5, 0.6) is 0 Å². The first-order valence-corrected chi connectivity index (χ1v) is 7.50. The monoisotopic (exact) mass is 341 g/mol. The standard InChI is InChI=1S/C14H16ClN3O5/c1-8-3-9(2)7-16(6-8)13-11(17(20)21)4-10(14(15)19)5-12(13)18(22)23/h4-5,8-9H,3,6-7H2,1-2H3. The van der Waals surface area contributed by atoms with Crippen LogP contribution in [0, 0.1) is 32.1 Å². The van der Waals surface area contributed by atoms with Crippen molar-refractivity contribution in [3.63, 3.8) is 0 Å². The normalized spacial score (nSPS) is 21.1. The minimum atomic E-state index is -0.969. The van der Waals surface area contributed by atoms with Crippen molar-refractivity contribution in [2.45, 2.75) is 20.3 Å². The molecule has 9 heteroatoms. The summed E-state index contributed by atoms with van der Waals surface area (Å²) in [6.45, 7) is 4.97. The number of piperidine rings is 1. The quantitative estimate of drug-likeness (QED) is 0.472. The minimum Gasteiger partial charge on any atom is -0.360 e. The van der Waals surface area contributed by atoms with Crippen molar-refractivity contribution in [3.8, 4) is 0 Å². The van der Waals surface area contributed by atoms with Crippen LogP contribution in [0.1, 0.15) is 30.6 Å². The van der Waals surface area contributed by atoms with Crippen molar-refractivity contribution >= 4 is 33.9 Å². The molecule has 8 nitrogen and oxygen atoms in total. The molecule has 0 spiro atoms. The van der Waals surface area contributed by atoms with Crippen LogP contribution < -0.4 is 4.90 Å². The van der Waals surface area contributed by atoms with Crippen molar-refractivity contribution in [1.29, 1.82) is 0 Å². The van der Waals surface area contributed by atoms with E-state index in [1.807, 2.05) is 13.8 Å². The topological polar surface area (TPSA) is 107 Å². The smallest absolute Gasteiger partial charge is 0.300 e. The molecule has 1 heterocycles. The first-order chi connectivity index (χ1) is 10.7. The number of nitro benzene ring substituents is 2. The number of anilines is 1. The van der Waals surface area contributed by atoms with Gasteiger partial charge in [-0.15, -0.1) is 0 Å². The second-order valence-electron chi connectivity index (χ2n) is 6.00. The number of nitrogens with zero attached hydrogens (tertiary/aromatic N) is 3. The summed E-state index contributed by atoms with van der Waals surface area (Å²) in [4.78, 5) is 34.3. The zero-order chi connectivity index (χ0) is 17.3. The van der Waals surface area contributed by atoms with Gasteiger partial charge in [0.15, 0.2) is 5.69 Å². The predicted octanol–water partition coefficient (Wildman–Crippen LogP) is 3.36. The van der Waals surface area contributed by atoms with E-state index in [2.05, 4.69) is 0 Å². The van der Waals surface area contributed by atoms with E-state index in [0.29, 0.717) is 13.1 Å². The molecule has 23 heavy (non-hydrogen) atoms. The van der Waals surface area contributed by atoms with E-state index in [-0.39, 0.29) is 23.1 Å². The van der Waals surface area contributed by atoms with E-state index in [1.54, 1.807) is 4.90 Å². The van der Waals surface area contributed by atoms with E-state index in [1.165, 1.54) is 0 Å². The number of nitro groups is 2. The molecule has 0 saturated carbocycles. The highest BCUT2D eigenvalue weighted by Gasteiger charge is 2.35. The van der Waals surface area contributed by atoms with Gasteiger partial charge in [-0.3, -0.25) is 25.0 Å². The molecule has 1 aromatic carbocycles. The number of rotatable bonds is 4. The fourth-order valence-corrected chi connectivity index (χ4v) is 3.27. The Morgan fingerprint density at radius 3 is 1.91 bits per heavy atom. The van der Waals surface area contributed by atoms with Crippen molar-refractivity contribution in [3.05, 3.63) is 37.9 Å². The van der Waals surface area contributed by atoms with Gasteiger partial charge in [0.25, 0.3) is 16.6 Å². The van der Waals surface area contributed by atoms with E-state index in [4.69, 9.17) is 11.6 Å². The molecule has 0 aromatic heterocycles. The SMILES string of the molecule is CC1CC(C)CN(c2c([N+](=O)[O-])cc(C(=O)Cl)cc2[N+](=O)[O-])C1. The Balaban J connectivity index is 2.66. The number of carbonyl (C=O) groups excluding carboxylic acids is 1. The highest BCUT2D eigenvalue weighted by atomic mass is 35.5. The van der Waals surface area contributed by atoms with Gasteiger partial charge in [0.05, 0.1) is 9.85 Å². The van der Waals surface area contributed by atoms with Gasteiger partial charge in [-0.25, -0.2) is 0 Å².